The first-order valence-electron chi connectivity index (χ1n) is 11.5. The molecule has 2 N–H and O–H groups in total. The molecule has 0 amide bonds. The number of benzene rings is 2. The maximum absolute atomic E-state index is 6.07. The molecule has 4 heteroatoms. The predicted octanol–water partition coefficient (Wildman–Crippen LogP) is 6.55. The first-order chi connectivity index (χ1) is 14.6. The molecule has 3 nitrogen and oxygen atoms in total. The Hall–Kier alpha value is -2.07. The molecule has 2 aliphatic rings. The summed E-state index contributed by atoms with van der Waals surface area (Å²) < 4.78 is 6.07. The lowest BCUT2D eigenvalue weighted by Crippen LogP contribution is -2.48. The number of aryl methyl sites for hydroxylation is 2. The Balaban J connectivity index is 1.31. The fraction of sp³-hybridized carbons (Fsp3) is 0.500. The van der Waals surface area contributed by atoms with Crippen molar-refractivity contribution in [1.82, 2.24) is 5.32 Å². The lowest BCUT2D eigenvalue weighted by atomic mass is 9.89. The summed E-state index contributed by atoms with van der Waals surface area (Å²) in [5.41, 5.74) is 3.87. The fourth-order valence-corrected chi connectivity index (χ4v) is 5.29. The highest BCUT2D eigenvalue weighted by Gasteiger charge is 2.34. The minimum atomic E-state index is 0.110. The normalized spacial score (nSPS) is 18.3. The topological polar surface area (TPSA) is 33.3 Å². The summed E-state index contributed by atoms with van der Waals surface area (Å²) in [5, 5.41) is 7.80. The van der Waals surface area contributed by atoms with Crippen molar-refractivity contribution in [3.63, 3.8) is 0 Å². The lowest BCUT2D eigenvalue weighted by Gasteiger charge is -2.32. The molecule has 0 aromatic heterocycles. The van der Waals surface area contributed by atoms with Crippen LogP contribution in [0.3, 0.4) is 0 Å². The molecule has 0 heterocycles. The van der Waals surface area contributed by atoms with E-state index in [1.54, 1.807) is 0 Å². The third-order valence-corrected chi connectivity index (χ3v) is 6.84. The zero-order valence-corrected chi connectivity index (χ0v) is 18.9. The molecule has 2 fully saturated rings. The predicted molar refractivity (Wildman–Crippen MR) is 129 cm³/mol. The molecule has 0 spiro atoms. The smallest absolute Gasteiger partial charge is 0.171 e. The number of rotatable bonds is 7. The SMILES string of the molecule is Cc1cccc(CCC2(NC(=S)Nc3ccc(OC4CCCC4)cc3)CCCC2)c1. The molecule has 0 radical (unpaired) electrons. The van der Waals surface area contributed by atoms with Crippen molar-refractivity contribution in [1.29, 1.82) is 0 Å². The van der Waals surface area contributed by atoms with Gasteiger partial charge in [0.05, 0.1) is 6.10 Å². The van der Waals surface area contributed by atoms with E-state index in [0.717, 1.165) is 29.4 Å². The van der Waals surface area contributed by atoms with Crippen LogP contribution in [-0.2, 0) is 6.42 Å². The number of anilines is 1. The van der Waals surface area contributed by atoms with Crippen molar-refractivity contribution in [2.45, 2.75) is 82.8 Å². The van der Waals surface area contributed by atoms with Crippen LogP contribution in [0, 0.1) is 6.92 Å². The second-order valence-electron chi connectivity index (χ2n) is 9.10. The number of hydrogen-bond donors (Lipinski definition) is 2. The molecular formula is C26H34N2OS. The van der Waals surface area contributed by atoms with Gasteiger partial charge in [0.2, 0.25) is 0 Å². The van der Waals surface area contributed by atoms with Crippen LogP contribution >= 0.6 is 12.2 Å². The highest BCUT2D eigenvalue weighted by Crippen LogP contribution is 2.34. The zero-order chi connectivity index (χ0) is 20.8. The van der Waals surface area contributed by atoms with Gasteiger partial charge in [-0.1, -0.05) is 42.7 Å². The van der Waals surface area contributed by atoms with E-state index in [4.69, 9.17) is 17.0 Å². The van der Waals surface area contributed by atoms with Gasteiger partial charge in [0.15, 0.2) is 5.11 Å². The molecule has 30 heavy (non-hydrogen) atoms. The maximum atomic E-state index is 6.07. The van der Waals surface area contributed by atoms with Gasteiger partial charge in [-0.2, -0.15) is 0 Å². The molecule has 2 aliphatic carbocycles. The van der Waals surface area contributed by atoms with Gasteiger partial charge in [-0.25, -0.2) is 0 Å². The molecule has 160 valence electrons. The highest BCUT2D eigenvalue weighted by molar-refractivity contribution is 7.80. The summed E-state index contributed by atoms with van der Waals surface area (Å²) in [4.78, 5) is 0. The third kappa shape index (κ3) is 5.75. The molecule has 2 saturated carbocycles. The summed E-state index contributed by atoms with van der Waals surface area (Å²) in [6.07, 6.45) is 12.5. The van der Waals surface area contributed by atoms with Gasteiger partial charge in [-0.15, -0.1) is 0 Å². The van der Waals surface area contributed by atoms with Crippen molar-refractivity contribution in [3.8, 4) is 5.75 Å². The van der Waals surface area contributed by atoms with Crippen LogP contribution in [0.4, 0.5) is 5.69 Å². The van der Waals surface area contributed by atoms with Gasteiger partial charge >= 0.3 is 0 Å². The van der Waals surface area contributed by atoms with Crippen molar-refractivity contribution in [3.05, 3.63) is 59.7 Å². The Kier molecular flexibility index (Phi) is 6.93. The molecule has 0 unspecified atom stereocenters. The van der Waals surface area contributed by atoms with E-state index in [0.29, 0.717) is 6.10 Å². The summed E-state index contributed by atoms with van der Waals surface area (Å²) in [6.45, 7) is 2.16. The van der Waals surface area contributed by atoms with E-state index >= 15 is 0 Å². The molecule has 0 atom stereocenters. The summed E-state index contributed by atoms with van der Waals surface area (Å²) in [7, 11) is 0. The molecule has 2 aromatic carbocycles. The summed E-state index contributed by atoms with van der Waals surface area (Å²) in [5.74, 6) is 0.955. The van der Waals surface area contributed by atoms with Crippen molar-refractivity contribution in [2.75, 3.05) is 5.32 Å². The standard InChI is InChI=1S/C26H34N2OS/c1-20-7-6-8-21(19-20)15-18-26(16-4-5-17-26)28-25(30)27-22-11-13-24(14-12-22)29-23-9-2-3-10-23/h6-8,11-14,19,23H,2-5,9-10,15-18H2,1H3,(H2,27,28,30). The second-order valence-corrected chi connectivity index (χ2v) is 9.51. The van der Waals surface area contributed by atoms with Gasteiger partial charge in [0.1, 0.15) is 5.75 Å². The molecule has 0 bridgehead atoms. The van der Waals surface area contributed by atoms with Crippen LogP contribution in [0.15, 0.2) is 48.5 Å². The van der Waals surface area contributed by atoms with Gasteiger partial charge in [0.25, 0.3) is 0 Å². The third-order valence-electron chi connectivity index (χ3n) is 6.63. The minimum Gasteiger partial charge on any atom is -0.490 e. The van der Waals surface area contributed by atoms with E-state index in [1.807, 2.05) is 12.1 Å². The highest BCUT2D eigenvalue weighted by atomic mass is 32.1. The van der Waals surface area contributed by atoms with Gasteiger partial charge in [-0.05, 0) is 100 Å². The average molecular weight is 423 g/mol. The number of nitrogens with one attached hydrogen (secondary N) is 2. The van der Waals surface area contributed by atoms with Crippen LogP contribution in [0.25, 0.3) is 0 Å². The van der Waals surface area contributed by atoms with E-state index in [2.05, 4.69) is 54.0 Å². The quantitative estimate of drug-likeness (QED) is 0.496. The Bertz CT molecular complexity index is 836. The molecule has 2 aromatic rings. The number of thiocarbonyl (C=S) groups is 1. The lowest BCUT2D eigenvalue weighted by molar-refractivity contribution is 0.210. The minimum absolute atomic E-state index is 0.110. The van der Waals surface area contributed by atoms with E-state index in [9.17, 15) is 0 Å². The van der Waals surface area contributed by atoms with Crippen molar-refractivity contribution >= 4 is 23.0 Å². The average Bonchev–Trinajstić information content (AvgIpc) is 3.41. The van der Waals surface area contributed by atoms with Gasteiger partial charge in [0, 0.05) is 11.2 Å². The monoisotopic (exact) mass is 422 g/mol. The Morgan fingerprint density at radius 3 is 2.47 bits per heavy atom. The fourth-order valence-electron chi connectivity index (χ4n) is 4.96. The second kappa shape index (κ2) is 9.82. The van der Waals surface area contributed by atoms with Crippen LogP contribution in [-0.4, -0.2) is 16.8 Å². The van der Waals surface area contributed by atoms with E-state index in [1.165, 1.54) is 62.5 Å². The summed E-state index contributed by atoms with van der Waals surface area (Å²) in [6, 6.07) is 17.1. The van der Waals surface area contributed by atoms with Crippen LogP contribution in [0.1, 0.15) is 68.9 Å². The number of ether oxygens (including phenoxy) is 1. The van der Waals surface area contributed by atoms with Crippen LogP contribution in [0.2, 0.25) is 0 Å². The van der Waals surface area contributed by atoms with Crippen molar-refractivity contribution in [2.24, 2.45) is 0 Å². The molecule has 0 saturated heterocycles. The van der Waals surface area contributed by atoms with E-state index in [-0.39, 0.29) is 5.54 Å². The molecular weight excluding hydrogens is 388 g/mol. The van der Waals surface area contributed by atoms with Crippen LogP contribution in [0.5, 0.6) is 5.75 Å². The van der Waals surface area contributed by atoms with Crippen molar-refractivity contribution < 1.29 is 4.74 Å². The van der Waals surface area contributed by atoms with Gasteiger partial charge < -0.3 is 15.4 Å². The first-order valence-corrected chi connectivity index (χ1v) is 11.9. The molecule has 0 aliphatic heterocycles. The number of hydrogen-bond acceptors (Lipinski definition) is 2. The Morgan fingerprint density at radius 1 is 1.03 bits per heavy atom. The molecule has 4 rings (SSSR count). The van der Waals surface area contributed by atoms with E-state index < -0.39 is 0 Å². The maximum Gasteiger partial charge on any atom is 0.171 e. The van der Waals surface area contributed by atoms with Gasteiger partial charge in [-0.3, -0.25) is 0 Å². The Morgan fingerprint density at radius 2 is 1.77 bits per heavy atom. The zero-order valence-electron chi connectivity index (χ0n) is 18.1. The Labute approximate surface area is 186 Å². The first kappa shape index (κ1) is 21.2. The van der Waals surface area contributed by atoms with Crippen LogP contribution < -0.4 is 15.4 Å². The summed E-state index contributed by atoms with van der Waals surface area (Å²) >= 11 is 5.69. The largest absolute Gasteiger partial charge is 0.490 e.